The molecule has 0 bridgehead atoms. The van der Waals surface area contributed by atoms with Crippen LogP contribution in [0.4, 0.5) is 0 Å². The average Bonchev–Trinajstić information content (AvgIpc) is 2.10. The topological polar surface area (TPSA) is 17.1 Å². The van der Waals surface area contributed by atoms with Crippen LogP contribution in [-0.4, -0.2) is 6.29 Å². The fourth-order valence-corrected chi connectivity index (χ4v) is 1.94. The number of benzene rings is 1. The molecule has 0 unspecified atom stereocenters. The minimum atomic E-state index is -0.350. The monoisotopic (exact) mass is 274 g/mol. The van der Waals surface area contributed by atoms with Crippen molar-refractivity contribution in [3.05, 3.63) is 33.3 Å². The highest BCUT2D eigenvalue weighted by molar-refractivity contribution is 9.10. The van der Waals surface area contributed by atoms with Gasteiger partial charge in [0.25, 0.3) is 0 Å². The molecule has 0 fully saturated rings. The number of halogens is 2. The van der Waals surface area contributed by atoms with Crippen LogP contribution < -0.4 is 0 Å². The van der Waals surface area contributed by atoms with Gasteiger partial charge in [-0.15, -0.1) is 0 Å². The Hall–Kier alpha value is -0.340. The molecule has 0 amide bonds. The van der Waals surface area contributed by atoms with E-state index in [1.807, 2.05) is 32.0 Å². The molecule has 0 aliphatic carbocycles. The second-order valence-electron chi connectivity index (χ2n) is 4.02. The molecule has 1 aromatic rings. The lowest BCUT2D eigenvalue weighted by Gasteiger charge is -2.17. The third-order valence-electron chi connectivity index (χ3n) is 1.98. The summed E-state index contributed by atoms with van der Waals surface area (Å²) in [6.45, 7) is 3.80. The highest BCUT2D eigenvalue weighted by Gasteiger charge is 2.18. The lowest BCUT2D eigenvalue weighted by Crippen LogP contribution is -2.16. The predicted molar refractivity (Wildman–Crippen MR) is 62.7 cm³/mol. The maximum Gasteiger partial charge on any atom is 0.125 e. The number of carbonyl (C=O) groups excluding carboxylic acids is 1. The van der Waals surface area contributed by atoms with Crippen molar-refractivity contribution in [1.29, 1.82) is 0 Å². The summed E-state index contributed by atoms with van der Waals surface area (Å²) >= 11 is 9.39. The van der Waals surface area contributed by atoms with E-state index >= 15 is 0 Å². The van der Waals surface area contributed by atoms with Crippen LogP contribution in [0, 0.1) is 5.41 Å². The van der Waals surface area contributed by atoms with Crippen LogP contribution in [0.3, 0.4) is 0 Å². The van der Waals surface area contributed by atoms with Crippen molar-refractivity contribution >= 4 is 33.8 Å². The van der Waals surface area contributed by atoms with Crippen molar-refractivity contribution in [2.75, 3.05) is 0 Å². The van der Waals surface area contributed by atoms with Crippen LogP contribution in [0.25, 0.3) is 0 Å². The van der Waals surface area contributed by atoms with E-state index < -0.39 is 0 Å². The zero-order valence-electron chi connectivity index (χ0n) is 8.18. The van der Waals surface area contributed by atoms with Crippen molar-refractivity contribution in [2.45, 2.75) is 20.3 Å². The Bertz CT molecular complexity index is 347. The van der Waals surface area contributed by atoms with Gasteiger partial charge in [-0.1, -0.05) is 47.4 Å². The van der Waals surface area contributed by atoms with Gasteiger partial charge in [-0.05, 0) is 24.1 Å². The Kier molecular flexibility index (Phi) is 3.73. The van der Waals surface area contributed by atoms with Crippen LogP contribution in [-0.2, 0) is 11.2 Å². The van der Waals surface area contributed by atoms with E-state index in [2.05, 4.69) is 15.9 Å². The number of aldehydes is 1. The Balaban J connectivity index is 2.92. The van der Waals surface area contributed by atoms with Crippen molar-refractivity contribution < 1.29 is 4.79 Å². The number of carbonyl (C=O) groups is 1. The summed E-state index contributed by atoms with van der Waals surface area (Å²) in [6, 6.07) is 5.72. The summed E-state index contributed by atoms with van der Waals surface area (Å²) in [7, 11) is 0. The standard InChI is InChI=1S/C11H12BrClO/c1-11(2,7-14)6-8-3-4-9(12)5-10(8)13/h3-5,7H,6H2,1-2H3. The van der Waals surface area contributed by atoms with Crippen molar-refractivity contribution in [3.63, 3.8) is 0 Å². The van der Waals surface area contributed by atoms with Crippen LogP contribution in [0.2, 0.25) is 5.02 Å². The third-order valence-corrected chi connectivity index (χ3v) is 2.83. The van der Waals surface area contributed by atoms with Gasteiger partial charge in [-0.25, -0.2) is 0 Å². The molecule has 0 atom stereocenters. The van der Waals surface area contributed by atoms with Gasteiger partial charge in [0, 0.05) is 14.9 Å². The molecule has 14 heavy (non-hydrogen) atoms. The molecule has 0 heterocycles. The Morgan fingerprint density at radius 3 is 2.64 bits per heavy atom. The van der Waals surface area contributed by atoms with Crippen LogP contribution in [0.5, 0.6) is 0 Å². The van der Waals surface area contributed by atoms with Gasteiger partial charge in [0.15, 0.2) is 0 Å². The smallest absolute Gasteiger partial charge is 0.125 e. The SMILES string of the molecule is CC(C)(C=O)Cc1ccc(Br)cc1Cl. The Labute approximate surface area is 97.6 Å². The molecular formula is C11H12BrClO. The lowest BCUT2D eigenvalue weighted by molar-refractivity contribution is -0.114. The lowest BCUT2D eigenvalue weighted by atomic mass is 9.87. The van der Waals surface area contributed by atoms with Crippen molar-refractivity contribution in [1.82, 2.24) is 0 Å². The molecule has 0 aliphatic rings. The molecular weight excluding hydrogens is 263 g/mol. The van der Waals surface area contributed by atoms with Gasteiger partial charge in [-0.2, -0.15) is 0 Å². The van der Waals surface area contributed by atoms with E-state index in [0.29, 0.717) is 11.4 Å². The molecule has 3 heteroatoms. The quantitative estimate of drug-likeness (QED) is 0.765. The molecule has 0 radical (unpaired) electrons. The van der Waals surface area contributed by atoms with Crippen molar-refractivity contribution in [3.8, 4) is 0 Å². The van der Waals surface area contributed by atoms with E-state index in [1.165, 1.54) is 0 Å². The van der Waals surface area contributed by atoms with E-state index in [4.69, 9.17) is 11.6 Å². The summed E-state index contributed by atoms with van der Waals surface area (Å²) in [4.78, 5) is 10.8. The number of hydrogen-bond donors (Lipinski definition) is 0. The van der Waals surface area contributed by atoms with Crippen LogP contribution in [0.15, 0.2) is 22.7 Å². The summed E-state index contributed by atoms with van der Waals surface area (Å²) in [5.74, 6) is 0. The fraction of sp³-hybridized carbons (Fsp3) is 0.364. The van der Waals surface area contributed by atoms with Crippen LogP contribution in [0.1, 0.15) is 19.4 Å². The first-order valence-corrected chi connectivity index (χ1v) is 5.52. The van der Waals surface area contributed by atoms with E-state index in [9.17, 15) is 4.79 Å². The molecule has 1 rings (SSSR count). The van der Waals surface area contributed by atoms with E-state index in [-0.39, 0.29) is 5.41 Å². The van der Waals surface area contributed by atoms with Gasteiger partial charge in [0.05, 0.1) is 0 Å². The largest absolute Gasteiger partial charge is 0.303 e. The molecule has 0 spiro atoms. The van der Waals surface area contributed by atoms with E-state index in [1.54, 1.807) is 0 Å². The van der Waals surface area contributed by atoms with Gasteiger partial charge < -0.3 is 4.79 Å². The molecule has 0 aliphatic heterocycles. The summed E-state index contributed by atoms with van der Waals surface area (Å²) in [5.41, 5.74) is 0.657. The second kappa shape index (κ2) is 4.45. The first-order chi connectivity index (χ1) is 6.44. The van der Waals surface area contributed by atoms with Gasteiger partial charge >= 0.3 is 0 Å². The molecule has 0 saturated carbocycles. The second-order valence-corrected chi connectivity index (χ2v) is 5.34. The zero-order valence-corrected chi connectivity index (χ0v) is 10.5. The maximum atomic E-state index is 10.8. The predicted octanol–water partition coefficient (Wildman–Crippen LogP) is 3.87. The van der Waals surface area contributed by atoms with E-state index in [0.717, 1.165) is 16.3 Å². The van der Waals surface area contributed by atoms with Crippen molar-refractivity contribution in [2.24, 2.45) is 5.41 Å². The first-order valence-electron chi connectivity index (χ1n) is 4.35. The number of hydrogen-bond acceptors (Lipinski definition) is 1. The Morgan fingerprint density at radius 2 is 2.14 bits per heavy atom. The summed E-state index contributed by atoms with van der Waals surface area (Å²) in [5, 5.41) is 0.703. The minimum absolute atomic E-state index is 0.350. The summed E-state index contributed by atoms with van der Waals surface area (Å²) in [6.07, 6.45) is 1.63. The highest BCUT2D eigenvalue weighted by Crippen LogP contribution is 2.27. The van der Waals surface area contributed by atoms with Gasteiger partial charge in [-0.3, -0.25) is 0 Å². The van der Waals surface area contributed by atoms with Gasteiger partial charge in [0.1, 0.15) is 6.29 Å². The zero-order chi connectivity index (χ0) is 10.8. The molecule has 1 nitrogen and oxygen atoms in total. The minimum Gasteiger partial charge on any atom is -0.303 e. The number of rotatable bonds is 3. The maximum absolute atomic E-state index is 10.8. The Morgan fingerprint density at radius 1 is 1.50 bits per heavy atom. The van der Waals surface area contributed by atoms with Crippen LogP contribution >= 0.6 is 27.5 Å². The fourth-order valence-electron chi connectivity index (χ4n) is 1.20. The average molecular weight is 276 g/mol. The summed E-state index contributed by atoms with van der Waals surface area (Å²) < 4.78 is 0.954. The molecule has 76 valence electrons. The third kappa shape index (κ3) is 3.10. The molecule has 0 N–H and O–H groups in total. The van der Waals surface area contributed by atoms with Gasteiger partial charge in [0.2, 0.25) is 0 Å². The highest BCUT2D eigenvalue weighted by atomic mass is 79.9. The first kappa shape index (κ1) is 11.7. The normalized spacial score (nSPS) is 11.4. The molecule has 1 aromatic carbocycles. The molecule has 0 saturated heterocycles. The molecule has 0 aromatic heterocycles.